The van der Waals surface area contributed by atoms with Gasteiger partial charge in [0.05, 0.1) is 7.11 Å². The molecule has 148 valence electrons. The van der Waals surface area contributed by atoms with Crippen LogP contribution in [0.15, 0.2) is 54.6 Å². The van der Waals surface area contributed by atoms with Crippen molar-refractivity contribution < 1.29 is 14.3 Å². The number of likely N-dealkylation sites (tertiary alicyclic amines) is 1. The summed E-state index contributed by atoms with van der Waals surface area (Å²) in [5.41, 5.74) is 1.45. The van der Waals surface area contributed by atoms with E-state index in [-0.39, 0.29) is 11.8 Å². The molecule has 1 aliphatic rings. The van der Waals surface area contributed by atoms with E-state index in [0.29, 0.717) is 28.7 Å². The molecule has 29 heavy (non-hydrogen) atoms. The van der Waals surface area contributed by atoms with Gasteiger partial charge in [-0.1, -0.05) is 41.7 Å². The minimum Gasteiger partial charge on any atom is -0.497 e. The highest BCUT2D eigenvalue weighted by Gasteiger charge is 2.34. The average Bonchev–Trinajstić information content (AvgIpc) is 3.44. The van der Waals surface area contributed by atoms with E-state index in [1.54, 1.807) is 24.1 Å². The summed E-state index contributed by atoms with van der Waals surface area (Å²) in [5, 5.41) is 12.2. The molecule has 1 atom stereocenters. The maximum atomic E-state index is 12.8. The zero-order valence-corrected chi connectivity index (χ0v) is 16.7. The summed E-state index contributed by atoms with van der Waals surface area (Å²) in [4.78, 5) is 27.2. The second kappa shape index (κ2) is 8.40. The molecule has 7 nitrogen and oxygen atoms in total. The van der Waals surface area contributed by atoms with Crippen molar-refractivity contribution in [1.29, 1.82) is 0 Å². The van der Waals surface area contributed by atoms with Gasteiger partial charge in [-0.2, -0.15) is 0 Å². The molecule has 1 unspecified atom stereocenters. The normalized spacial score (nSPS) is 15.9. The first kappa shape index (κ1) is 19.1. The van der Waals surface area contributed by atoms with Crippen LogP contribution in [0.5, 0.6) is 5.75 Å². The Bertz CT molecular complexity index is 1020. The molecule has 1 aliphatic heterocycles. The van der Waals surface area contributed by atoms with E-state index in [4.69, 9.17) is 4.74 Å². The fraction of sp³-hybridized carbons (Fsp3) is 0.238. The Kier molecular flexibility index (Phi) is 5.53. The smallest absolute Gasteiger partial charge is 0.254 e. The van der Waals surface area contributed by atoms with Gasteiger partial charge in [-0.15, -0.1) is 10.2 Å². The van der Waals surface area contributed by atoms with E-state index in [9.17, 15) is 9.59 Å². The van der Waals surface area contributed by atoms with Gasteiger partial charge in [-0.25, -0.2) is 0 Å². The van der Waals surface area contributed by atoms with Crippen molar-refractivity contribution in [2.75, 3.05) is 19.0 Å². The van der Waals surface area contributed by atoms with Crippen molar-refractivity contribution in [3.05, 3.63) is 60.2 Å². The van der Waals surface area contributed by atoms with Crippen LogP contribution >= 0.6 is 11.3 Å². The highest BCUT2D eigenvalue weighted by atomic mass is 32.1. The van der Waals surface area contributed by atoms with Crippen molar-refractivity contribution in [2.45, 2.75) is 18.9 Å². The summed E-state index contributed by atoms with van der Waals surface area (Å²) >= 11 is 1.29. The SMILES string of the molecule is COc1cccc(-c2nnc(NC(=O)C3CCCN3C(=O)c3ccccc3)s2)c1. The van der Waals surface area contributed by atoms with Gasteiger partial charge in [-0.3, -0.25) is 14.9 Å². The van der Waals surface area contributed by atoms with Gasteiger partial charge < -0.3 is 9.64 Å². The molecular weight excluding hydrogens is 388 g/mol. The van der Waals surface area contributed by atoms with Gasteiger partial charge in [-0.05, 0) is 37.1 Å². The van der Waals surface area contributed by atoms with Gasteiger partial charge in [0.25, 0.3) is 5.91 Å². The number of benzene rings is 2. The third-order valence-electron chi connectivity index (χ3n) is 4.81. The van der Waals surface area contributed by atoms with Crippen LogP contribution in [0.2, 0.25) is 0 Å². The number of nitrogens with one attached hydrogen (secondary N) is 1. The zero-order chi connectivity index (χ0) is 20.2. The summed E-state index contributed by atoms with van der Waals surface area (Å²) in [5.74, 6) is 0.363. The zero-order valence-electron chi connectivity index (χ0n) is 15.9. The third-order valence-corrected chi connectivity index (χ3v) is 5.70. The van der Waals surface area contributed by atoms with Crippen LogP contribution in [0, 0.1) is 0 Å². The lowest BCUT2D eigenvalue weighted by Crippen LogP contribution is -2.43. The van der Waals surface area contributed by atoms with Crippen LogP contribution in [-0.4, -0.2) is 46.6 Å². The fourth-order valence-electron chi connectivity index (χ4n) is 3.36. The number of carbonyl (C=O) groups is 2. The molecule has 0 saturated carbocycles. The molecule has 0 radical (unpaired) electrons. The molecular formula is C21H20N4O3S. The van der Waals surface area contributed by atoms with Gasteiger partial charge in [0, 0.05) is 17.7 Å². The number of ether oxygens (including phenoxy) is 1. The van der Waals surface area contributed by atoms with E-state index < -0.39 is 6.04 Å². The van der Waals surface area contributed by atoms with Crippen molar-refractivity contribution in [2.24, 2.45) is 0 Å². The Labute approximate surface area is 172 Å². The maximum Gasteiger partial charge on any atom is 0.254 e. The highest BCUT2D eigenvalue weighted by molar-refractivity contribution is 7.18. The van der Waals surface area contributed by atoms with Crippen LogP contribution in [0.4, 0.5) is 5.13 Å². The fourth-order valence-corrected chi connectivity index (χ4v) is 4.11. The van der Waals surface area contributed by atoms with E-state index in [2.05, 4.69) is 15.5 Å². The molecule has 1 fully saturated rings. The highest BCUT2D eigenvalue weighted by Crippen LogP contribution is 2.29. The van der Waals surface area contributed by atoms with Crippen molar-refractivity contribution in [3.63, 3.8) is 0 Å². The second-order valence-electron chi connectivity index (χ2n) is 6.66. The molecule has 4 rings (SSSR count). The Morgan fingerprint density at radius 2 is 1.97 bits per heavy atom. The van der Waals surface area contributed by atoms with Crippen LogP contribution in [0.25, 0.3) is 10.6 Å². The molecule has 1 saturated heterocycles. The molecule has 2 amide bonds. The van der Waals surface area contributed by atoms with E-state index in [0.717, 1.165) is 17.7 Å². The summed E-state index contributed by atoms with van der Waals surface area (Å²) in [6.07, 6.45) is 1.42. The number of nitrogens with zero attached hydrogens (tertiary/aromatic N) is 3. The van der Waals surface area contributed by atoms with Gasteiger partial charge >= 0.3 is 0 Å². The quantitative estimate of drug-likeness (QED) is 0.699. The number of amides is 2. The van der Waals surface area contributed by atoms with Gasteiger partial charge in [0.15, 0.2) is 0 Å². The van der Waals surface area contributed by atoms with Crippen LogP contribution < -0.4 is 10.1 Å². The molecule has 0 spiro atoms. The van der Waals surface area contributed by atoms with Crippen molar-refractivity contribution in [1.82, 2.24) is 15.1 Å². The first-order valence-corrected chi connectivity index (χ1v) is 10.1. The predicted octanol–water partition coefficient (Wildman–Crippen LogP) is 3.46. The lowest BCUT2D eigenvalue weighted by molar-refractivity contribution is -0.119. The molecule has 0 aliphatic carbocycles. The number of carbonyl (C=O) groups excluding carboxylic acids is 2. The number of rotatable bonds is 5. The second-order valence-corrected chi connectivity index (χ2v) is 7.63. The lowest BCUT2D eigenvalue weighted by atomic mass is 10.1. The Morgan fingerprint density at radius 1 is 1.14 bits per heavy atom. The average molecular weight is 408 g/mol. The number of hydrogen-bond acceptors (Lipinski definition) is 6. The summed E-state index contributed by atoms with van der Waals surface area (Å²) in [6.45, 7) is 0.566. The lowest BCUT2D eigenvalue weighted by Gasteiger charge is -2.23. The number of hydrogen-bond donors (Lipinski definition) is 1. The summed E-state index contributed by atoms with van der Waals surface area (Å²) in [6, 6.07) is 16.0. The van der Waals surface area contributed by atoms with E-state index >= 15 is 0 Å². The molecule has 2 heterocycles. The Balaban J connectivity index is 1.46. The van der Waals surface area contributed by atoms with Crippen molar-refractivity contribution in [3.8, 4) is 16.3 Å². The molecule has 1 aromatic heterocycles. The van der Waals surface area contributed by atoms with Crippen molar-refractivity contribution >= 4 is 28.3 Å². The topological polar surface area (TPSA) is 84.4 Å². The molecule has 2 aromatic carbocycles. The van der Waals surface area contributed by atoms with Gasteiger partial charge in [0.2, 0.25) is 11.0 Å². The monoisotopic (exact) mass is 408 g/mol. The number of anilines is 1. The third kappa shape index (κ3) is 4.12. The largest absolute Gasteiger partial charge is 0.497 e. The minimum atomic E-state index is -0.508. The van der Waals surface area contributed by atoms with Crippen LogP contribution in [0.1, 0.15) is 23.2 Å². The molecule has 0 bridgehead atoms. The predicted molar refractivity (Wildman–Crippen MR) is 111 cm³/mol. The minimum absolute atomic E-state index is 0.127. The standard InChI is InChI=1S/C21H20N4O3S/c1-28-16-10-5-9-15(13-16)19-23-24-21(29-19)22-18(26)17-11-6-12-25(17)20(27)14-7-3-2-4-8-14/h2-5,7-10,13,17H,6,11-12H2,1H3,(H,22,24,26). The summed E-state index contributed by atoms with van der Waals surface area (Å²) < 4.78 is 5.24. The van der Waals surface area contributed by atoms with Crippen LogP contribution in [-0.2, 0) is 4.79 Å². The molecule has 1 N–H and O–H groups in total. The van der Waals surface area contributed by atoms with E-state index in [1.807, 2.05) is 42.5 Å². The Hall–Kier alpha value is -3.26. The first-order chi connectivity index (χ1) is 14.2. The first-order valence-electron chi connectivity index (χ1n) is 9.30. The van der Waals surface area contributed by atoms with Crippen LogP contribution in [0.3, 0.4) is 0 Å². The summed E-state index contributed by atoms with van der Waals surface area (Å²) in [7, 11) is 1.61. The maximum absolute atomic E-state index is 12.8. The Morgan fingerprint density at radius 3 is 2.76 bits per heavy atom. The molecule has 3 aromatic rings. The van der Waals surface area contributed by atoms with Gasteiger partial charge in [0.1, 0.15) is 16.8 Å². The number of methoxy groups -OCH3 is 1. The molecule has 8 heteroatoms. The number of aromatic nitrogens is 2. The van der Waals surface area contributed by atoms with E-state index in [1.165, 1.54) is 11.3 Å².